The molecule has 0 aromatic heterocycles. The molecule has 0 N–H and O–H groups in total. The summed E-state index contributed by atoms with van der Waals surface area (Å²) in [5, 5.41) is 0. The molecule has 0 aromatic rings. The molecule has 5 heteroatoms. The van der Waals surface area contributed by atoms with Crippen LogP contribution in [0.1, 0.15) is 6.92 Å². The van der Waals surface area contributed by atoms with Crippen LogP contribution in [0.5, 0.6) is 0 Å². The first-order chi connectivity index (χ1) is 5.45. The van der Waals surface area contributed by atoms with Gasteiger partial charge in [0.05, 0.1) is 6.26 Å². The highest BCUT2D eigenvalue weighted by Crippen LogP contribution is 2.14. The van der Waals surface area contributed by atoms with Crippen LogP contribution in [0.2, 0.25) is 0 Å². The van der Waals surface area contributed by atoms with Crippen molar-refractivity contribution in [2.24, 2.45) is 0 Å². The molecule has 0 aromatic carbocycles. The van der Waals surface area contributed by atoms with E-state index in [0.29, 0.717) is 6.26 Å². The fraction of sp³-hybridized carbons (Fsp3) is 0.429. The van der Waals surface area contributed by atoms with Crippen molar-refractivity contribution in [3.63, 3.8) is 0 Å². The molecule has 0 saturated carbocycles. The molecule has 0 aliphatic heterocycles. The van der Waals surface area contributed by atoms with E-state index in [9.17, 15) is 17.6 Å². The number of hydrogen-bond acceptors (Lipinski definition) is 1. The zero-order valence-corrected chi connectivity index (χ0v) is 6.36. The van der Waals surface area contributed by atoms with Crippen molar-refractivity contribution in [3.8, 4) is 0 Å². The van der Waals surface area contributed by atoms with Crippen LogP contribution in [0.25, 0.3) is 0 Å². The van der Waals surface area contributed by atoms with Crippen molar-refractivity contribution >= 4 is 0 Å². The van der Waals surface area contributed by atoms with Crippen LogP contribution in [-0.2, 0) is 4.74 Å². The van der Waals surface area contributed by atoms with Gasteiger partial charge in [0.2, 0.25) is 0 Å². The van der Waals surface area contributed by atoms with Crippen molar-refractivity contribution in [1.82, 2.24) is 0 Å². The lowest BCUT2D eigenvalue weighted by atomic mass is 10.5. The number of allylic oxidation sites excluding steroid dienone is 3. The summed E-state index contributed by atoms with van der Waals surface area (Å²) in [5.41, 5.74) is 0. The van der Waals surface area contributed by atoms with Crippen molar-refractivity contribution in [3.05, 3.63) is 24.2 Å². The number of halogens is 4. The maximum Gasteiger partial charge on any atom is 0.422 e. The van der Waals surface area contributed by atoms with Gasteiger partial charge in [-0.05, 0) is 6.92 Å². The van der Waals surface area contributed by atoms with Crippen LogP contribution >= 0.6 is 0 Å². The molecule has 0 unspecified atom stereocenters. The Hall–Kier alpha value is -1.00. The summed E-state index contributed by atoms with van der Waals surface area (Å²) >= 11 is 0. The van der Waals surface area contributed by atoms with Crippen LogP contribution in [0.3, 0.4) is 0 Å². The van der Waals surface area contributed by atoms with Gasteiger partial charge in [0.1, 0.15) is 5.83 Å². The molecule has 0 amide bonds. The summed E-state index contributed by atoms with van der Waals surface area (Å²) in [7, 11) is 0. The van der Waals surface area contributed by atoms with E-state index in [1.54, 1.807) is 0 Å². The molecule has 12 heavy (non-hydrogen) atoms. The quantitative estimate of drug-likeness (QED) is 0.372. The van der Waals surface area contributed by atoms with E-state index in [1.165, 1.54) is 6.92 Å². The Balaban J connectivity index is 3.64. The van der Waals surface area contributed by atoms with Gasteiger partial charge in [0.25, 0.3) is 0 Å². The van der Waals surface area contributed by atoms with Crippen LogP contribution in [-0.4, -0.2) is 12.8 Å². The molecular weight excluding hydrogens is 176 g/mol. The van der Waals surface area contributed by atoms with E-state index < -0.39 is 18.6 Å². The molecule has 0 atom stereocenters. The van der Waals surface area contributed by atoms with Gasteiger partial charge in [0, 0.05) is 6.08 Å². The van der Waals surface area contributed by atoms with E-state index in [-0.39, 0.29) is 0 Å². The standard InChI is InChI=1S/C7H8F4O/c1-2-6(8)3-4-12-5-7(9,10)11/h2-4H,5H2,1H3/b4-3-,6-2+. The monoisotopic (exact) mass is 184 g/mol. The van der Waals surface area contributed by atoms with E-state index >= 15 is 0 Å². The van der Waals surface area contributed by atoms with Gasteiger partial charge < -0.3 is 4.74 Å². The van der Waals surface area contributed by atoms with E-state index in [4.69, 9.17) is 0 Å². The van der Waals surface area contributed by atoms with Crippen molar-refractivity contribution < 1.29 is 22.3 Å². The molecule has 0 spiro atoms. The summed E-state index contributed by atoms with van der Waals surface area (Å²) in [6.07, 6.45) is -1.79. The highest BCUT2D eigenvalue weighted by Gasteiger charge is 2.27. The van der Waals surface area contributed by atoms with Crippen LogP contribution in [0.15, 0.2) is 24.2 Å². The van der Waals surface area contributed by atoms with Crippen molar-refractivity contribution in [2.75, 3.05) is 6.61 Å². The average Bonchev–Trinajstić information content (AvgIpc) is 1.96. The molecule has 0 bridgehead atoms. The number of alkyl halides is 3. The maximum absolute atomic E-state index is 12.2. The van der Waals surface area contributed by atoms with Gasteiger partial charge >= 0.3 is 6.18 Å². The molecule has 0 heterocycles. The largest absolute Gasteiger partial charge is 0.492 e. The smallest absolute Gasteiger partial charge is 0.422 e. The zero-order chi connectivity index (χ0) is 9.61. The second kappa shape index (κ2) is 4.79. The summed E-state index contributed by atoms with van der Waals surface area (Å²) in [6, 6.07) is 0. The second-order valence-electron chi connectivity index (χ2n) is 1.90. The summed E-state index contributed by atoms with van der Waals surface area (Å²) in [5.74, 6) is -0.642. The fourth-order valence-electron chi connectivity index (χ4n) is 0.352. The zero-order valence-electron chi connectivity index (χ0n) is 6.36. The van der Waals surface area contributed by atoms with Gasteiger partial charge in [0.15, 0.2) is 6.61 Å². The van der Waals surface area contributed by atoms with Gasteiger partial charge in [-0.3, -0.25) is 0 Å². The lowest BCUT2D eigenvalue weighted by molar-refractivity contribution is -0.161. The highest BCUT2D eigenvalue weighted by atomic mass is 19.4. The molecule has 70 valence electrons. The second-order valence-corrected chi connectivity index (χ2v) is 1.90. The minimum absolute atomic E-state index is 0.642. The Morgan fingerprint density at radius 2 is 2.00 bits per heavy atom. The summed E-state index contributed by atoms with van der Waals surface area (Å²) in [4.78, 5) is 0. The Bertz CT molecular complexity index is 180. The SMILES string of the molecule is C/C=C(F)\C=C/OCC(F)(F)F. The molecule has 0 radical (unpaired) electrons. The first-order valence-electron chi connectivity index (χ1n) is 3.12. The third-order valence-corrected chi connectivity index (χ3v) is 0.846. The van der Waals surface area contributed by atoms with E-state index in [1.807, 2.05) is 0 Å². The Labute approximate surface area is 67.3 Å². The van der Waals surface area contributed by atoms with E-state index in [2.05, 4.69) is 4.74 Å². The molecular formula is C7H8F4O. The molecule has 0 saturated heterocycles. The van der Waals surface area contributed by atoms with Crippen molar-refractivity contribution in [2.45, 2.75) is 13.1 Å². The first-order valence-corrected chi connectivity index (χ1v) is 3.12. The summed E-state index contributed by atoms with van der Waals surface area (Å²) < 4.78 is 50.3. The molecule has 0 fully saturated rings. The van der Waals surface area contributed by atoms with Crippen LogP contribution in [0, 0.1) is 0 Å². The Morgan fingerprint density at radius 1 is 1.42 bits per heavy atom. The molecule has 0 aliphatic carbocycles. The van der Waals surface area contributed by atoms with Crippen LogP contribution < -0.4 is 0 Å². The fourth-order valence-corrected chi connectivity index (χ4v) is 0.352. The Morgan fingerprint density at radius 3 is 2.42 bits per heavy atom. The number of rotatable bonds is 3. The number of hydrogen-bond donors (Lipinski definition) is 0. The lowest BCUT2D eigenvalue weighted by Gasteiger charge is -2.03. The summed E-state index contributed by atoms with van der Waals surface area (Å²) in [6.45, 7) is 0.0178. The van der Waals surface area contributed by atoms with Gasteiger partial charge in [-0.25, -0.2) is 4.39 Å². The Kier molecular flexibility index (Phi) is 4.39. The minimum Gasteiger partial charge on any atom is -0.492 e. The predicted molar refractivity (Wildman–Crippen MR) is 36.0 cm³/mol. The average molecular weight is 184 g/mol. The topological polar surface area (TPSA) is 9.23 Å². The maximum atomic E-state index is 12.2. The molecule has 1 nitrogen and oxygen atoms in total. The van der Waals surface area contributed by atoms with Gasteiger partial charge in [-0.15, -0.1) is 0 Å². The third kappa shape index (κ3) is 7.11. The predicted octanol–water partition coefficient (Wildman–Crippen LogP) is 2.95. The molecule has 0 rings (SSSR count). The third-order valence-electron chi connectivity index (χ3n) is 0.846. The highest BCUT2D eigenvalue weighted by molar-refractivity contribution is 5.07. The van der Waals surface area contributed by atoms with Crippen LogP contribution in [0.4, 0.5) is 17.6 Å². The molecule has 0 aliphatic rings. The lowest BCUT2D eigenvalue weighted by Crippen LogP contribution is -2.14. The first kappa shape index (κ1) is 11.0. The minimum atomic E-state index is -4.38. The number of ether oxygens (including phenoxy) is 1. The van der Waals surface area contributed by atoms with Crippen molar-refractivity contribution in [1.29, 1.82) is 0 Å². The van der Waals surface area contributed by atoms with Gasteiger partial charge in [-0.2, -0.15) is 13.2 Å². The van der Waals surface area contributed by atoms with E-state index in [0.717, 1.165) is 12.2 Å². The van der Waals surface area contributed by atoms with Gasteiger partial charge in [-0.1, -0.05) is 6.08 Å². The normalized spacial score (nSPS) is 13.9.